The summed E-state index contributed by atoms with van der Waals surface area (Å²) >= 11 is 0. The van der Waals surface area contributed by atoms with Gasteiger partial charge in [0.1, 0.15) is 0 Å². The number of rotatable bonds is 1. The number of hydrogen-bond acceptors (Lipinski definition) is 1. The summed E-state index contributed by atoms with van der Waals surface area (Å²) in [5, 5.41) is 1.34. The third kappa shape index (κ3) is 1.01. The van der Waals surface area contributed by atoms with Gasteiger partial charge in [0.25, 0.3) is 0 Å². The first kappa shape index (κ1) is 8.06. The molecule has 1 aromatic carbocycles. The molecule has 1 heterocycles. The molecule has 2 aromatic rings. The molecule has 2 nitrogen and oxygen atoms in total. The van der Waals surface area contributed by atoms with Crippen molar-refractivity contribution >= 4 is 10.9 Å². The molecule has 0 saturated heterocycles. The molecule has 72 valence electrons. The fourth-order valence-electron chi connectivity index (χ4n) is 2.31. The summed E-state index contributed by atoms with van der Waals surface area (Å²) in [5.41, 5.74) is 8.62. The Labute approximate surface area is 83.1 Å². The first-order valence-corrected chi connectivity index (χ1v) is 5.18. The Bertz CT molecular complexity index is 458. The summed E-state index contributed by atoms with van der Waals surface area (Å²) in [6.07, 6.45) is 4.53. The van der Waals surface area contributed by atoms with Crippen LogP contribution in [0.25, 0.3) is 10.9 Å². The standard InChI is InChI=1S/C12H14N2/c13-11-6-5-8(11)10-7-14-12-4-2-1-3-9(10)12/h1-4,7-8,11,14H,5-6,13H2. The smallest absolute Gasteiger partial charge is 0.0456 e. The molecule has 0 bridgehead atoms. The number of aromatic nitrogens is 1. The minimum atomic E-state index is 0.370. The Morgan fingerprint density at radius 3 is 2.79 bits per heavy atom. The number of nitrogens with two attached hydrogens (primary N) is 1. The lowest BCUT2D eigenvalue weighted by molar-refractivity contribution is 0.348. The zero-order valence-electron chi connectivity index (χ0n) is 8.03. The van der Waals surface area contributed by atoms with Crippen LogP contribution in [-0.2, 0) is 0 Å². The molecule has 0 aliphatic heterocycles. The molecule has 1 saturated carbocycles. The number of fused-ring (bicyclic) bond motifs is 1. The molecule has 3 rings (SSSR count). The van der Waals surface area contributed by atoms with Gasteiger partial charge in [0.2, 0.25) is 0 Å². The Morgan fingerprint density at radius 2 is 2.07 bits per heavy atom. The molecular weight excluding hydrogens is 172 g/mol. The third-order valence-corrected chi connectivity index (χ3v) is 3.35. The van der Waals surface area contributed by atoms with E-state index in [2.05, 4.69) is 35.4 Å². The van der Waals surface area contributed by atoms with Crippen LogP contribution in [0, 0.1) is 0 Å². The van der Waals surface area contributed by atoms with Crippen LogP contribution in [-0.4, -0.2) is 11.0 Å². The van der Waals surface area contributed by atoms with Gasteiger partial charge in [0.05, 0.1) is 0 Å². The van der Waals surface area contributed by atoms with Gasteiger partial charge in [-0.2, -0.15) is 0 Å². The van der Waals surface area contributed by atoms with Crippen LogP contribution >= 0.6 is 0 Å². The highest BCUT2D eigenvalue weighted by molar-refractivity contribution is 5.83. The zero-order chi connectivity index (χ0) is 9.54. The van der Waals surface area contributed by atoms with Crippen LogP contribution in [0.5, 0.6) is 0 Å². The maximum absolute atomic E-state index is 5.99. The van der Waals surface area contributed by atoms with Crippen LogP contribution in [0.2, 0.25) is 0 Å². The summed E-state index contributed by atoms with van der Waals surface area (Å²) < 4.78 is 0. The molecule has 1 aliphatic rings. The number of benzene rings is 1. The fourth-order valence-corrected chi connectivity index (χ4v) is 2.31. The van der Waals surface area contributed by atoms with E-state index in [-0.39, 0.29) is 0 Å². The van der Waals surface area contributed by atoms with Crippen molar-refractivity contribution in [2.24, 2.45) is 5.73 Å². The SMILES string of the molecule is NC1CCC1c1c[nH]c2ccccc12. The highest BCUT2D eigenvalue weighted by atomic mass is 14.7. The Kier molecular flexibility index (Phi) is 1.64. The van der Waals surface area contributed by atoms with Gasteiger partial charge in [0, 0.05) is 29.1 Å². The minimum Gasteiger partial charge on any atom is -0.361 e. The van der Waals surface area contributed by atoms with E-state index < -0.39 is 0 Å². The lowest BCUT2D eigenvalue weighted by atomic mass is 9.75. The Balaban J connectivity index is 2.12. The summed E-state index contributed by atoms with van der Waals surface area (Å²) in [7, 11) is 0. The molecule has 0 radical (unpaired) electrons. The average molecular weight is 186 g/mol. The molecular formula is C12H14N2. The molecule has 1 fully saturated rings. The molecule has 1 aliphatic carbocycles. The van der Waals surface area contributed by atoms with E-state index in [1.54, 1.807) is 0 Å². The van der Waals surface area contributed by atoms with E-state index in [0.717, 1.165) is 0 Å². The average Bonchev–Trinajstić information content (AvgIpc) is 2.60. The largest absolute Gasteiger partial charge is 0.361 e. The summed E-state index contributed by atoms with van der Waals surface area (Å²) in [5.74, 6) is 0.575. The van der Waals surface area contributed by atoms with E-state index in [0.29, 0.717) is 12.0 Å². The normalized spacial score (nSPS) is 26.4. The molecule has 0 spiro atoms. The Hall–Kier alpha value is -1.28. The van der Waals surface area contributed by atoms with Gasteiger partial charge in [-0.15, -0.1) is 0 Å². The van der Waals surface area contributed by atoms with Gasteiger partial charge in [-0.05, 0) is 24.5 Å². The Morgan fingerprint density at radius 1 is 1.21 bits per heavy atom. The predicted octanol–water partition coefficient (Wildman–Crippen LogP) is 2.37. The van der Waals surface area contributed by atoms with Gasteiger partial charge in [0.15, 0.2) is 0 Å². The topological polar surface area (TPSA) is 41.8 Å². The van der Waals surface area contributed by atoms with Crippen molar-refractivity contribution in [3.63, 3.8) is 0 Å². The van der Waals surface area contributed by atoms with Crippen molar-refractivity contribution in [1.29, 1.82) is 0 Å². The molecule has 2 heteroatoms. The molecule has 2 atom stereocenters. The van der Waals surface area contributed by atoms with Crippen molar-refractivity contribution < 1.29 is 0 Å². The van der Waals surface area contributed by atoms with Gasteiger partial charge in [-0.3, -0.25) is 0 Å². The van der Waals surface area contributed by atoms with E-state index in [9.17, 15) is 0 Å². The highest BCUT2D eigenvalue weighted by Crippen LogP contribution is 2.38. The maximum atomic E-state index is 5.99. The minimum absolute atomic E-state index is 0.370. The van der Waals surface area contributed by atoms with Crippen LogP contribution in [0.1, 0.15) is 24.3 Å². The van der Waals surface area contributed by atoms with Crippen LogP contribution in [0.3, 0.4) is 0 Å². The van der Waals surface area contributed by atoms with Gasteiger partial charge < -0.3 is 10.7 Å². The second-order valence-corrected chi connectivity index (χ2v) is 4.14. The number of nitrogens with one attached hydrogen (secondary N) is 1. The first-order valence-electron chi connectivity index (χ1n) is 5.18. The van der Waals surface area contributed by atoms with Crippen molar-refractivity contribution in [2.45, 2.75) is 24.8 Å². The van der Waals surface area contributed by atoms with Gasteiger partial charge in [-0.25, -0.2) is 0 Å². The molecule has 3 N–H and O–H groups in total. The summed E-state index contributed by atoms with van der Waals surface area (Å²) in [4.78, 5) is 3.30. The van der Waals surface area contributed by atoms with Crippen molar-refractivity contribution in [1.82, 2.24) is 4.98 Å². The lowest BCUT2D eigenvalue weighted by Crippen LogP contribution is -2.37. The highest BCUT2D eigenvalue weighted by Gasteiger charge is 2.30. The monoisotopic (exact) mass is 186 g/mol. The molecule has 0 amide bonds. The molecule has 1 aromatic heterocycles. The van der Waals surface area contributed by atoms with Crippen LogP contribution < -0.4 is 5.73 Å². The zero-order valence-corrected chi connectivity index (χ0v) is 8.03. The van der Waals surface area contributed by atoms with Gasteiger partial charge in [-0.1, -0.05) is 18.2 Å². The van der Waals surface area contributed by atoms with E-state index in [1.165, 1.54) is 29.3 Å². The summed E-state index contributed by atoms with van der Waals surface area (Å²) in [6.45, 7) is 0. The fraction of sp³-hybridized carbons (Fsp3) is 0.333. The maximum Gasteiger partial charge on any atom is 0.0456 e. The number of hydrogen-bond donors (Lipinski definition) is 2. The van der Waals surface area contributed by atoms with E-state index in [1.807, 2.05) is 0 Å². The second kappa shape index (κ2) is 2.85. The summed E-state index contributed by atoms with van der Waals surface area (Å²) in [6, 6.07) is 8.80. The number of para-hydroxylation sites is 1. The van der Waals surface area contributed by atoms with Crippen molar-refractivity contribution in [3.05, 3.63) is 36.0 Å². The van der Waals surface area contributed by atoms with Gasteiger partial charge >= 0.3 is 0 Å². The second-order valence-electron chi connectivity index (χ2n) is 4.14. The third-order valence-electron chi connectivity index (χ3n) is 3.35. The van der Waals surface area contributed by atoms with Crippen molar-refractivity contribution in [2.75, 3.05) is 0 Å². The van der Waals surface area contributed by atoms with E-state index >= 15 is 0 Å². The van der Waals surface area contributed by atoms with E-state index in [4.69, 9.17) is 5.73 Å². The number of aromatic amines is 1. The van der Waals surface area contributed by atoms with Crippen molar-refractivity contribution in [3.8, 4) is 0 Å². The quantitative estimate of drug-likeness (QED) is 0.705. The van der Waals surface area contributed by atoms with Crippen LogP contribution in [0.4, 0.5) is 0 Å². The van der Waals surface area contributed by atoms with Crippen LogP contribution in [0.15, 0.2) is 30.5 Å². The lowest BCUT2D eigenvalue weighted by Gasteiger charge is -2.33. The molecule has 14 heavy (non-hydrogen) atoms. The predicted molar refractivity (Wildman–Crippen MR) is 58.2 cm³/mol. The molecule has 2 unspecified atom stereocenters. The number of H-pyrrole nitrogens is 1. The first-order chi connectivity index (χ1) is 6.86.